The van der Waals surface area contributed by atoms with E-state index in [2.05, 4.69) is 78.3 Å². The summed E-state index contributed by atoms with van der Waals surface area (Å²) in [7, 11) is 4.23. The Morgan fingerprint density at radius 1 is 1.17 bits per heavy atom. The minimum Gasteiger partial charge on any atom is -0.478 e. The summed E-state index contributed by atoms with van der Waals surface area (Å²) in [6, 6.07) is 17.1. The number of fused-ring (bicyclic) bond motifs is 1. The van der Waals surface area contributed by atoms with Crippen LogP contribution in [0, 0.1) is 6.92 Å². The second kappa shape index (κ2) is 8.28. The largest absolute Gasteiger partial charge is 0.478 e. The minimum atomic E-state index is -0.892. The van der Waals surface area contributed by atoms with Gasteiger partial charge in [0.2, 0.25) is 0 Å². The maximum Gasteiger partial charge on any atom is 0.336 e. The first-order valence-electron chi connectivity index (χ1n) is 10.2. The molecule has 0 amide bonds. The van der Waals surface area contributed by atoms with Crippen LogP contribution in [0.4, 0.5) is 11.4 Å². The number of hydrogen-bond acceptors (Lipinski definition) is 4. The lowest BCUT2D eigenvalue weighted by atomic mass is 9.96. The van der Waals surface area contributed by atoms with Crippen LogP contribution in [-0.2, 0) is 13.0 Å². The Morgan fingerprint density at radius 3 is 2.63 bits per heavy atom. The van der Waals surface area contributed by atoms with Crippen molar-refractivity contribution < 1.29 is 9.90 Å². The molecule has 0 unspecified atom stereocenters. The van der Waals surface area contributed by atoms with Gasteiger partial charge in [-0.2, -0.15) is 0 Å². The molecule has 0 spiro atoms. The van der Waals surface area contributed by atoms with E-state index in [0.717, 1.165) is 18.5 Å². The number of nitrogens with zero attached hydrogens (tertiary/aromatic N) is 3. The van der Waals surface area contributed by atoms with Crippen molar-refractivity contribution in [1.29, 1.82) is 0 Å². The molecule has 0 fully saturated rings. The van der Waals surface area contributed by atoms with Crippen molar-refractivity contribution in [3.63, 3.8) is 0 Å². The number of pyridine rings is 1. The Hall–Kier alpha value is -3.18. The molecule has 30 heavy (non-hydrogen) atoms. The number of rotatable bonds is 6. The number of carboxylic acid groups (broad SMARTS) is 1. The van der Waals surface area contributed by atoms with Crippen LogP contribution in [0.5, 0.6) is 0 Å². The highest BCUT2D eigenvalue weighted by molar-refractivity contribution is 5.89. The van der Waals surface area contributed by atoms with Crippen LogP contribution in [0.3, 0.4) is 0 Å². The van der Waals surface area contributed by atoms with Crippen LogP contribution in [0.2, 0.25) is 0 Å². The summed E-state index contributed by atoms with van der Waals surface area (Å²) in [5.41, 5.74) is 7.41. The smallest absolute Gasteiger partial charge is 0.336 e. The number of aromatic nitrogens is 1. The number of carboxylic acids is 1. The molecular formula is C25H27N3O2. The maximum absolute atomic E-state index is 11.5. The molecule has 0 aliphatic carbocycles. The van der Waals surface area contributed by atoms with Gasteiger partial charge in [-0.25, -0.2) is 4.79 Å². The molecule has 4 rings (SSSR count). The zero-order valence-electron chi connectivity index (χ0n) is 17.7. The minimum absolute atomic E-state index is 0.278. The molecule has 1 aliphatic rings. The van der Waals surface area contributed by atoms with Gasteiger partial charge in [-0.05, 0) is 73.8 Å². The fourth-order valence-corrected chi connectivity index (χ4v) is 4.30. The van der Waals surface area contributed by atoms with Crippen molar-refractivity contribution in [3.05, 3.63) is 88.7 Å². The molecule has 0 bridgehead atoms. The van der Waals surface area contributed by atoms with E-state index in [1.54, 1.807) is 12.3 Å². The average molecular weight is 402 g/mol. The predicted octanol–water partition coefficient (Wildman–Crippen LogP) is 4.98. The van der Waals surface area contributed by atoms with Gasteiger partial charge in [-0.3, -0.25) is 9.88 Å². The van der Waals surface area contributed by atoms with Gasteiger partial charge < -0.3 is 10.0 Å². The Labute approximate surface area is 177 Å². The van der Waals surface area contributed by atoms with E-state index < -0.39 is 5.97 Å². The third-order valence-electron chi connectivity index (χ3n) is 6.07. The van der Waals surface area contributed by atoms with E-state index in [4.69, 9.17) is 0 Å². The average Bonchev–Trinajstić information content (AvgIpc) is 3.06. The lowest BCUT2D eigenvalue weighted by Gasteiger charge is -2.22. The first-order chi connectivity index (χ1) is 14.4. The molecule has 1 aromatic heterocycles. The van der Waals surface area contributed by atoms with E-state index in [0.29, 0.717) is 12.0 Å². The lowest BCUT2D eigenvalue weighted by molar-refractivity contribution is 0.0695. The fourth-order valence-electron chi connectivity index (χ4n) is 4.30. The van der Waals surface area contributed by atoms with E-state index in [1.807, 2.05) is 0 Å². The number of aromatic carboxylic acids is 1. The number of hydrogen-bond donors (Lipinski definition) is 1. The van der Waals surface area contributed by atoms with Gasteiger partial charge in [-0.15, -0.1) is 0 Å². The third kappa shape index (κ3) is 3.94. The van der Waals surface area contributed by atoms with Crippen molar-refractivity contribution in [1.82, 2.24) is 9.88 Å². The second-order valence-electron chi connectivity index (χ2n) is 8.09. The molecule has 2 aromatic carbocycles. The van der Waals surface area contributed by atoms with Crippen LogP contribution in [0.1, 0.15) is 45.1 Å². The zero-order valence-corrected chi connectivity index (χ0v) is 17.7. The molecule has 0 saturated carbocycles. The molecular weight excluding hydrogens is 374 g/mol. The predicted molar refractivity (Wildman–Crippen MR) is 119 cm³/mol. The monoisotopic (exact) mass is 401 g/mol. The summed E-state index contributed by atoms with van der Waals surface area (Å²) in [5.74, 6) is -0.892. The van der Waals surface area contributed by atoms with Gasteiger partial charge in [-0.1, -0.05) is 23.8 Å². The zero-order chi connectivity index (χ0) is 21.3. The van der Waals surface area contributed by atoms with Gasteiger partial charge in [0.15, 0.2) is 0 Å². The summed E-state index contributed by atoms with van der Waals surface area (Å²) >= 11 is 0. The molecule has 5 nitrogen and oxygen atoms in total. The van der Waals surface area contributed by atoms with E-state index in [1.165, 1.54) is 34.3 Å². The van der Waals surface area contributed by atoms with Crippen molar-refractivity contribution in [2.45, 2.75) is 32.4 Å². The molecule has 2 heterocycles. The normalized spacial score (nSPS) is 15.8. The van der Waals surface area contributed by atoms with Gasteiger partial charge in [0, 0.05) is 43.4 Å². The van der Waals surface area contributed by atoms with Crippen LogP contribution >= 0.6 is 0 Å². The molecule has 1 atom stereocenters. The topological polar surface area (TPSA) is 56.7 Å². The van der Waals surface area contributed by atoms with Gasteiger partial charge in [0.1, 0.15) is 0 Å². The van der Waals surface area contributed by atoms with Crippen molar-refractivity contribution in [3.8, 4) is 0 Å². The molecule has 0 saturated heterocycles. The summed E-state index contributed by atoms with van der Waals surface area (Å²) in [5, 5.41) is 9.42. The SMILES string of the molecule is Cc1ccc(N(C)c2ccc3c(c2)CN(C)[C@H]3CCc2cnccc2C(=O)O)cc1. The Morgan fingerprint density at radius 2 is 1.90 bits per heavy atom. The number of benzene rings is 2. The Balaban J connectivity index is 1.53. The Bertz CT molecular complexity index is 1060. The fraction of sp³-hybridized carbons (Fsp3) is 0.280. The van der Waals surface area contributed by atoms with E-state index in [9.17, 15) is 9.90 Å². The van der Waals surface area contributed by atoms with Crippen LogP contribution in [-0.4, -0.2) is 35.1 Å². The summed E-state index contributed by atoms with van der Waals surface area (Å²) in [6.07, 6.45) is 4.77. The summed E-state index contributed by atoms with van der Waals surface area (Å²) < 4.78 is 0. The molecule has 1 aliphatic heterocycles. The van der Waals surface area contributed by atoms with Crippen LogP contribution in [0.25, 0.3) is 0 Å². The number of aryl methyl sites for hydroxylation is 2. The molecule has 3 aromatic rings. The lowest BCUT2D eigenvalue weighted by Crippen LogP contribution is -2.17. The standard InChI is InChI=1S/C25H27N3O2/c1-17-4-7-20(8-5-17)28(3)21-9-10-22-19(14-21)16-27(2)24(22)11-6-18-15-26-13-12-23(18)25(29)30/h4-5,7-10,12-15,24H,6,11,16H2,1-3H3,(H,29,30)/t24-/m0/s1. The van der Waals surface area contributed by atoms with Crippen LogP contribution in [0.15, 0.2) is 60.9 Å². The third-order valence-corrected chi connectivity index (χ3v) is 6.07. The van der Waals surface area contributed by atoms with Gasteiger partial charge >= 0.3 is 5.97 Å². The summed E-state index contributed by atoms with van der Waals surface area (Å²) in [6.45, 7) is 2.99. The van der Waals surface area contributed by atoms with Gasteiger partial charge in [0.05, 0.1) is 5.56 Å². The highest BCUT2D eigenvalue weighted by Crippen LogP contribution is 2.38. The maximum atomic E-state index is 11.5. The van der Waals surface area contributed by atoms with Gasteiger partial charge in [0.25, 0.3) is 0 Å². The molecule has 5 heteroatoms. The first kappa shape index (κ1) is 20.1. The first-order valence-corrected chi connectivity index (χ1v) is 10.2. The quantitative estimate of drug-likeness (QED) is 0.632. The van der Waals surface area contributed by atoms with E-state index >= 15 is 0 Å². The van der Waals surface area contributed by atoms with Crippen molar-refractivity contribution in [2.24, 2.45) is 0 Å². The Kier molecular flexibility index (Phi) is 5.55. The molecule has 0 radical (unpaired) electrons. The van der Waals surface area contributed by atoms with Crippen molar-refractivity contribution in [2.75, 3.05) is 19.0 Å². The second-order valence-corrected chi connectivity index (χ2v) is 8.09. The highest BCUT2D eigenvalue weighted by Gasteiger charge is 2.28. The van der Waals surface area contributed by atoms with Crippen molar-refractivity contribution >= 4 is 17.3 Å². The summed E-state index contributed by atoms with van der Waals surface area (Å²) in [4.78, 5) is 20.1. The number of carbonyl (C=O) groups is 1. The van der Waals surface area contributed by atoms with Crippen LogP contribution < -0.4 is 4.90 Å². The highest BCUT2D eigenvalue weighted by atomic mass is 16.4. The molecule has 154 valence electrons. The number of anilines is 2. The van der Waals surface area contributed by atoms with E-state index in [-0.39, 0.29) is 6.04 Å². The molecule has 1 N–H and O–H groups in total.